The first-order valence-corrected chi connectivity index (χ1v) is 7.25. The van der Waals surface area contributed by atoms with Gasteiger partial charge in [-0.2, -0.15) is 0 Å². The zero-order valence-corrected chi connectivity index (χ0v) is 12.7. The highest BCUT2D eigenvalue weighted by molar-refractivity contribution is 9.10. The van der Waals surface area contributed by atoms with Gasteiger partial charge in [0.25, 0.3) is 0 Å². The molecule has 0 atom stereocenters. The first-order valence-electron chi connectivity index (χ1n) is 6.46. The summed E-state index contributed by atoms with van der Waals surface area (Å²) in [6.07, 6.45) is 2.92. The number of nitrogens with zero attached hydrogens (tertiary/aromatic N) is 1. The lowest BCUT2D eigenvalue weighted by atomic mass is 10.2. The van der Waals surface area contributed by atoms with Crippen molar-refractivity contribution >= 4 is 27.6 Å². The summed E-state index contributed by atoms with van der Waals surface area (Å²) in [6.45, 7) is 1.80. The summed E-state index contributed by atoms with van der Waals surface area (Å²) in [6, 6.07) is 8.23. The Morgan fingerprint density at radius 2 is 2.30 bits per heavy atom. The van der Waals surface area contributed by atoms with Crippen LogP contribution in [0.2, 0.25) is 0 Å². The molecule has 2 heterocycles. The number of esters is 1. The number of H-pyrrole nitrogens is 1. The fraction of sp³-hybridized carbons (Fsp3) is 0.267. The lowest BCUT2D eigenvalue weighted by Crippen LogP contribution is -2.19. The van der Waals surface area contributed by atoms with E-state index in [1.54, 1.807) is 0 Å². The van der Waals surface area contributed by atoms with Gasteiger partial charge in [-0.25, -0.2) is 4.79 Å². The number of carbonyl (C=O) groups is 1. The van der Waals surface area contributed by atoms with E-state index in [4.69, 9.17) is 4.74 Å². The highest BCUT2D eigenvalue weighted by Crippen LogP contribution is 2.31. The van der Waals surface area contributed by atoms with Crippen molar-refractivity contribution in [3.63, 3.8) is 0 Å². The molecule has 1 aromatic carbocycles. The molecule has 4 nitrogen and oxygen atoms in total. The average Bonchev–Trinajstić information content (AvgIpc) is 3.06. The number of ether oxygens (including phenoxy) is 1. The maximum atomic E-state index is 11.4. The Labute approximate surface area is 125 Å². The molecule has 0 unspecified atom stereocenters. The molecule has 2 aromatic rings. The molecule has 0 spiro atoms. The Kier molecular flexibility index (Phi) is 3.53. The molecule has 1 aliphatic heterocycles. The molecule has 0 saturated heterocycles. The molecule has 3 rings (SSSR count). The fourth-order valence-corrected chi connectivity index (χ4v) is 2.99. The number of anilines is 1. The molecule has 0 bridgehead atoms. The first kappa shape index (κ1) is 13.2. The van der Waals surface area contributed by atoms with Crippen LogP contribution in [0, 0.1) is 0 Å². The van der Waals surface area contributed by atoms with Crippen molar-refractivity contribution in [2.24, 2.45) is 0 Å². The van der Waals surface area contributed by atoms with E-state index in [-0.39, 0.29) is 5.97 Å². The van der Waals surface area contributed by atoms with E-state index in [9.17, 15) is 4.79 Å². The number of aromatic amines is 1. The molecule has 1 aliphatic rings. The van der Waals surface area contributed by atoms with Gasteiger partial charge in [-0.3, -0.25) is 0 Å². The van der Waals surface area contributed by atoms with Crippen LogP contribution in [0.25, 0.3) is 0 Å². The van der Waals surface area contributed by atoms with Crippen LogP contribution in [0.5, 0.6) is 0 Å². The fourth-order valence-electron chi connectivity index (χ4n) is 2.58. The Morgan fingerprint density at radius 1 is 1.45 bits per heavy atom. The Hall–Kier alpha value is -1.75. The van der Waals surface area contributed by atoms with Crippen LogP contribution in [0.1, 0.15) is 21.6 Å². The number of benzene rings is 1. The summed E-state index contributed by atoms with van der Waals surface area (Å²) in [7, 11) is 1.39. The van der Waals surface area contributed by atoms with Crippen molar-refractivity contribution in [2.75, 3.05) is 18.6 Å². The van der Waals surface area contributed by atoms with Gasteiger partial charge in [-0.15, -0.1) is 0 Å². The van der Waals surface area contributed by atoms with Crippen molar-refractivity contribution in [2.45, 2.75) is 13.0 Å². The largest absolute Gasteiger partial charge is 0.464 e. The first-order chi connectivity index (χ1) is 9.67. The normalized spacial score (nSPS) is 13.4. The molecule has 20 heavy (non-hydrogen) atoms. The minimum atomic E-state index is -0.331. The van der Waals surface area contributed by atoms with Crippen LogP contribution in [-0.2, 0) is 17.7 Å². The number of hydrogen-bond donors (Lipinski definition) is 1. The number of hydrogen-bond acceptors (Lipinski definition) is 3. The number of carbonyl (C=O) groups excluding carboxylic acids is 1. The minimum absolute atomic E-state index is 0.331. The van der Waals surface area contributed by atoms with Gasteiger partial charge >= 0.3 is 5.97 Å². The number of rotatable bonds is 3. The zero-order chi connectivity index (χ0) is 14.1. The molecule has 0 amide bonds. The van der Waals surface area contributed by atoms with Gasteiger partial charge < -0.3 is 14.6 Å². The predicted octanol–water partition coefficient (Wildman–Crippen LogP) is 3.13. The van der Waals surface area contributed by atoms with E-state index >= 15 is 0 Å². The maximum absolute atomic E-state index is 11.4. The molecular weight excluding hydrogens is 320 g/mol. The summed E-state index contributed by atoms with van der Waals surface area (Å²) < 4.78 is 5.82. The van der Waals surface area contributed by atoms with Gasteiger partial charge in [-0.05, 0) is 41.8 Å². The van der Waals surface area contributed by atoms with Gasteiger partial charge in [0.15, 0.2) is 0 Å². The lowest BCUT2D eigenvalue weighted by molar-refractivity contribution is 0.0595. The molecule has 1 aromatic heterocycles. The Balaban J connectivity index is 1.77. The third-order valence-corrected chi connectivity index (χ3v) is 4.05. The minimum Gasteiger partial charge on any atom is -0.464 e. The van der Waals surface area contributed by atoms with Crippen molar-refractivity contribution in [3.8, 4) is 0 Å². The van der Waals surface area contributed by atoms with Crippen LogP contribution in [0.3, 0.4) is 0 Å². The smallest absolute Gasteiger partial charge is 0.354 e. The van der Waals surface area contributed by atoms with Gasteiger partial charge in [0.05, 0.1) is 7.11 Å². The standard InChI is InChI=1S/C15H15BrN2O2/c1-20-15(19)13-6-10(8-17-13)9-18-5-4-11-7-12(16)2-3-14(11)18/h2-3,6-8,17H,4-5,9H2,1H3. The zero-order valence-electron chi connectivity index (χ0n) is 11.1. The number of halogens is 1. The number of methoxy groups -OCH3 is 1. The van der Waals surface area contributed by atoms with E-state index in [1.165, 1.54) is 18.4 Å². The van der Waals surface area contributed by atoms with Crippen LogP contribution in [-0.4, -0.2) is 24.6 Å². The van der Waals surface area contributed by atoms with E-state index in [1.807, 2.05) is 12.3 Å². The molecule has 0 radical (unpaired) electrons. The monoisotopic (exact) mass is 334 g/mol. The number of fused-ring (bicyclic) bond motifs is 1. The second-order valence-corrected chi connectivity index (χ2v) is 5.77. The van der Waals surface area contributed by atoms with E-state index in [2.05, 4.69) is 44.0 Å². The van der Waals surface area contributed by atoms with Gasteiger partial charge in [0.1, 0.15) is 5.69 Å². The van der Waals surface area contributed by atoms with Crippen molar-refractivity contribution in [1.82, 2.24) is 4.98 Å². The van der Waals surface area contributed by atoms with Crippen molar-refractivity contribution < 1.29 is 9.53 Å². The van der Waals surface area contributed by atoms with Crippen LogP contribution in [0.15, 0.2) is 34.9 Å². The Morgan fingerprint density at radius 3 is 3.10 bits per heavy atom. The predicted molar refractivity (Wildman–Crippen MR) is 81.0 cm³/mol. The third-order valence-electron chi connectivity index (χ3n) is 3.55. The molecule has 0 fully saturated rings. The van der Waals surface area contributed by atoms with E-state index < -0.39 is 0 Å². The number of aromatic nitrogens is 1. The van der Waals surface area contributed by atoms with Gasteiger partial charge in [0.2, 0.25) is 0 Å². The van der Waals surface area contributed by atoms with Crippen LogP contribution in [0.4, 0.5) is 5.69 Å². The molecule has 1 N–H and O–H groups in total. The summed E-state index contributed by atoms with van der Waals surface area (Å²) in [4.78, 5) is 16.7. The second-order valence-electron chi connectivity index (χ2n) is 4.86. The molecular formula is C15H15BrN2O2. The van der Waals surface area contributed by atoms with Crippen LogP contribution < -0.4 is 4.90 Å². The summed E-state index contributed by atoms with van der Waals surface area (Å²) in [5.41, 5.74) is 4.22. The van der Waals surface area contributed by atoms with E-state index in [0.29, 0.717) is 5.69 Å². The summed E-state index contributed by atoms with van der Waals surface area (Å²) in [5, 5.41) is 0. The third kappa shape index (κ3) is 2.45. The Bertz CT molecular complexity index is 651. The topological polar surface area (TPSA) is 45.3 Å². The van der Waals surface area contributed by atoms with Gasteiger partial charge in [0, 0.05) is 29.4 Å². The number of nitrogens with one attached hydrogen (secondary N) is 1. The van der Waals surface area contributed by atoms with E-state index in [0.717, 1.165) is 29.5 Å². The van der Waals surface area contributed by atoms with Gasteiger partial charge in [-0.1, -0.05) is 15.9 Å². The quantitative estimate of drug-likeness (QED) is 0.877. The molecule has 0 saturated carbocycles. The average molecular weight is 335 g/mol. The second kappa shape index (κ2) is 5.32. The lowest BCUT2D eigenvalue weighted by Gasteiger charge is -2.18. The SMILES string of the molecule is COC(=O)c1cc(CN2CCc3cc(Br)ccc32)c[nH]1. The van der Waals surface area contributed by atoms with Crippen molar-refractivity contribution in [1.29, 1.82) is 0 Å². The van der Waals surface area contributed by atoms with Crippen molar-refractivity contribution in [3.05, 3.63) is 51.8 Å². The molecule has 0 aliphatic carbocycles. The highest BCUT2D eigenvalue weighted by Gasteiger charge is 2.20. The maximum Gasteiger partial charge on any atom is 0.354 e. The summed E-state index contributed by atoms with van der Waals surface area (Å²) >= 11 is 3.50. The highest BCUT2D eigenvalue weighted by atomic mass is 79.9. The van der Waals surface area contributed by atoms with Crippen LogP contribution >= 0.6 is 15.9 Å². The summed E-state index contributed by atoms with van der Waals surface area (Å²) in [5.74, 6) is -0.331. The molecule has 104 valence electrons. The molecule has 5 heteroatoms.